The number of alkyl halides is 3. The number of esters is 2. The maximum atomic E-state index is 12.0. The Labute approximate surface area is 397 Å². The average Bonchev–Trinajstić information content (AvgIpc) is 3.19. The summed E-state index contributed by atoms with van der Waals surface area (Å²) in [5.41, 5.74) is 8.99. The minimum atomic E-state index is -5.08. The molecule has 68 heavy (non-hydrogen) atoms. The van der Waals surface area contributed by atoms with Crippen molar-refractivity contribution in [2.45, 2.75) is 164 Å². The number of aryl methyl sites for hydroxylation is 4. The number of para-hydroxylation sites is 2. The molecule has 2 aromatic rings. The third-order valence-electron chi connectivity index (χ3n) is 8.70. The lowest BCUT2D eigenvalue weighted by molar-refractivity contribution is -0.192. The summed E-state index contributed by atoms with van der Waals surface area (Å²) in [5.74, 6) is -1.98. The van der Waals surface area contributed by atoms with Crippen molar-refractivity contribution in [2.24, 2.45) is 5.73 Å². The second kappa shape index (κ2) is 32.7. The van der Waals surface area contributed by atoms with Gasteiger partial charge in [0, 0.05) is 33.2 Å². The molecule has 18 nitrogen and oxygen atoms in total. The van der Waals surface area contributed by atoms with Gasteiger partial charge in [-0.3, -0.25) is 9.59 Å². The maximum Gasteiger partial charge on any atom is 0.490 e. The fraction of sp³-hybridized carbons (Fsp3) is 0.617. The Morgan fingerprint density at radius 1 is 0.603 bits per heavy atom. The number of benzene rings is 2. The first-order valence-electron chi connectivity index (χ1n) is 22.3. The van der Waals surface area contributed by atoms with Crippen molar-refractivity contribution in [1.82, 2.24) is 16.0 Å². The highest BCUT2D eigenvalue weighted by Gasteiger charge is 2.38. The number of nitrogens with two attached hydrogens (primary N) is 1. The highest BCUT2D eigenvalue weighted by atomic mass is 19.4. The Bertz CT molecular complexity index is 1820. The van der Waals surface area contributed by atoms with Crippen LogP contribution >= 0.6 is 0 Å². The van der Waals surface area contributed by atoms with Gasteiger partial charge >= 0.3 is 42.4 Å². The molecule has 2 rings (SSSR count). The summed E-state index contributed by atoms with van der Waals surface area (Å²) in [7, 11) is 0. The van der Waals surface area contributed by atoms with Crippen LogP contribution in [0, 0.1) is 27.7 Å². The molecule has 6 N–H and O–H groups in total. The molecule has 0 aliphatic rings. The molecule has 0 aliphatic carbocycles. The summed E-state index contributed by atoms with van der Waals surface area (Å²) in [4.78, 5) is 68.0. The highest BCUT2D eigenvalue weighted by Crippen LogP contribution is 2.23. The van der Waals surface area contributed by atoms with E-state index in [-0.39, 0.29) is 31.5 Å². The molecule has 0 radical (unpaired) electrons. The number of nitrogens with one attached hydrogen (secondary N) is 3. The van der Waals surface area contributed by atoms with Gasteiger partial charge in [-0.25, -0.2) is 19.2 Å². The molecule has 2 aromatic carbocycles. The fourth-order valence-corrected chi connectivity index (χ4v) is 5.53. The van der Waals surface area contributed by atoms with E-state index < -0.39 is 60.5 Å². The molecule has 0 heterocycles. The van der Waals surface area contributed by atoms with E-state index in [1.54, 1.807) is 27.7 Å². The van der Waals surface area contributed by atoms with Crippen LogP contribution in [0.25, 0.3) is 0 Å². The minimum absolute atomic E-state index is 0.196. The van der Waals surface area contributed by atoms with Gasteiger partial charge in [-0.15, -0.1) is 0 Å². The predicted molar refractivity (Wildman–Crippen MR) is 246 cm³/mol. The van der Waals surface area contributed by atoms with Crippen molar-refractivity contribution in [3.63, 3.8) is 0 Å². The summed E-state index contributed by atoms with van der Waals surface area (Å²) >= 11 is 0. The van der Waals surface area contributed by atoms with Crippen molar-refractivity contribution < 1.29 is 80.2 Å². The van der Waals surface area contributed by atoms with Crippen LogP contribution in [-0.4, -0.2) is 104 Å². The highest BCUT2D eigenvalue weighted by molar-refractivity contribution is 5.73. The zero-order valence-electron chi connectivity index (χ0n) is 41.2. The molecule has 0 spiro atoms. The number of hydrogen-bond acceptors (Lipinski definition) is 14. The molecule has 0 aliphatic heterocycles. The van der Waals surface area contributed by atoms with Crippen LogP contribution in [0.2, 0.25) is 0 Å². The first-order valence-corrected chi connectivity index (χ1v) is 22.3. The Kier molecular flexibility index (Phi) is 29.8. The van der Waals surface area contributed by atoms with Crippen molar-refractivity contribution in [3.8, 4) is 11.5 Å². The van der Waals surface area contributed by atoms with Crippen LogP contribution < -0.4 is 31.2 Å². The summed E-state index contributed by atoms with van der Waals surface area (Å²) < 4.78 is 68.8. The van der Waals surface area contributed by atoms with E-state index in [2.05, 4.69) is 16.0 Å². The van der Waals surface area contributed by atoms with E-state index in [1.165, 1.54) is 13.8 Å². The van der Waals surface area contributed by atoms with Crippen LogP contribution in [-0.2, 0) is 38.1 Å². The number of rotatable bonds is 23. The number of carbonyl (C=O) groups is 6. The second-order valence-electron chi connectivity index (χ2n) is 16.7. The van der Waals surface area contributed by atoms with Crippen LogP contribution in [0.15, 0.2) is 36.4 Å². The van der Waals surface area contributed by atoms with E-state index in [1.807, 2.05) is 71.0 Å². The number of alkyl carbamates (subject to hydrolysis) is 3. The molecular formula is C47H73F3N4O14. The van der Waals surface area contributed by atoms with Gasteiger partial charge in [0.1, 0.15) is 30.3 Å². The van der Waals surface area contributed by atoms with E-state index >= 15 is 0 Å². The molecule has 0 aromatic heterocycles. The summed E-state index contributed by atoms with van der Waals surface area (Å²) in [6.45, 7) is 21.5. The molecule has 21 heteroatoms. The number of carboxylic acid groups (broad SMARTS) is 1. The van der Waals surface area contributed by atoms with Crippen LogP contribution in [0.4, 0.5) is 27.6 Å². The van der Waals surface area contributed by atoms with Gasteiger partial charge in [-0.05, 0) is 117 Å². The van der Waals surface area contributed by atoms with Gasteiger partial charge in [-0.2, -0.15) is 13.2 Å². The number of ether oxygens (including phenoxy) is 7. The quantitative estimate of drug-likeness (QED) is 0.0303. The third-order valence-corrected chi connectivity index (χ3v) is 8.70. The Hall–Kier alpha value is -5.99. The molecule has 386 valence electrons. The van der Waals surface area contributed by atoms with Crippen molar-refractivity contribution in [2.75, 3.05) is 26.3 Å². The molecule has 0 saturated carbocycles. The number of carboxylic acids is 1. The summed E-state index contributed by atoms with van der Waals surface area (Å²) in [5, 5.41) is 15.1. The standard InChI is InChI=1S/C25H40N2O7.C20H32N2O5.C2HF3O2/c1-17-12-11-13-18(2)22(17)31-16-19(3)27-24(30)33-20(4)32-21(28)14-9-8-10-15-26-23(29)34-25(5,6)7;1-14-9-8-10-15(2)19(14)25-13-16(3)22-20(24)27-17(4)26-18(23)11-6-5-7-12-21;3-2(4,5)1(6)7/h11-13,19-20H,8-10,14-16H2,1-7H3,(H,26,29)(H,27,30);8-10,16-17H,5-7,11-13,21H2,1-4H3,(H,22,24);(H,6,7). The molecule has 0 saturated heterocycles. The van der Waals surface area contributed by atoms with Crippen LogP contribution in [0.5, 0.6) is 11.5 Å². The van der Waals surface area contributed by atoms with Crippen molar-refractivity contribution in [3.05, 3.63) is 58.7 Å². The lowest BCUT2D eigenvalue weighted by Crippen LogP contribution is -2.39. The lowest BCUT2D eigenvalue weighted by atomic mass is 10.1. The van der Waals surface area contributed by atoms with Gasteiger partial charge in [0.25, 0.3) is 0 Å². The predicted octanol–water partition coefficient (Wildman–Crippen LogP) is 8.61. The number of hydrogen-bond donors (Lipinski definition) is 5. The first kappa shape index (κ1) is 62.0. The summed E-state index contributed by atoms with van der Waals surface area (Å²) in [6, 6.07) is 11.2. The second-order valence-corrected chi connectivity index (χ2v) is 16.7. The lowest BCUT2D eigenvalue weighted by Gasteiger charge is -2.19. The zero-order valence-corrected chi connectivity index (χ0v) is 41.2. The monoisotopic (exact) mass is 975 g/mol. The molecule has 4 atom stereocenters. The van der Waals surface area contributed by atoms with Crippen LogP contribution in [0.1, 0.15) is 122 Å². The Morgan fingerprint density at radius 3 is 1.31 bits per heavy atom. The van der Waals surface area contributed by atoms with Crippen molar-refractivity contribution in [1.29, 1.82) is 0 Å². The molecule has 0 bridgehead atoms. The number of carbonyl (C=O) groups excluding carboxylic acids is 5. The molecule has 0 fully saturated rings. The fourth-order valence-electron chi connectivity index (χ4n) is 5.53. The van der Waals surface area contributed by atoms with E-state index in [0.717, 1.165) is 53.0 Å². The van der Waals surface area contributed by atoms with E-state index in [9.17, 15) is 37.1 Å². The molecule has 3 amide bonds. The largest absolute Gasteiger partial charge is 0.491 e. The number of amides is 3. The Morgan fingerprint density at radius 2 is 0.971 bits per heavy atom. The molecular weight excluding hydrogens is 902 g/mol. The smallest absolute Gasteiger partial charge is 0.490 e. The zero-order chi connectivity index (χ0) is 52.0. The number of aliphatic carboxylic acids is 1. The molecule has 4 unspecified atom stereocenters. The van der Waals surface area contributed by atoms with Gasteiger partial charge in [-0.1, -0.05) is 49.2 Å². The topological polar surface area (TPSA) is 249 Å². The number of halogens is 3. The minimum Gasteiger partial charge on any atom is -0.491 e. The number of unbranched alkanes of at least 4 members (excludes halogenated alkanes) is 4. The third kappa shape index (κ3) is 31.1. The van der Waals surface area contributed by atoms with Crippen molar-refractivity contribution >= 4 is 36.2 Å². The Balaban J connectivity index is 0.00000118. The SMILES string of the molecule is Cc1cccc(C)c1OCC(C)NC(=O)OC(C)OC(=O)CCCCCN.Cc1cccc(C)c1OCC(C)NC(=O)OC(C)OC(=O)CCCCCNC(=O)OC(C)(C)C.O=C(O)C(F)(F)F. The summed E-state index contributed by atoms with van der Waals surface area (Å²) in [6.07, 6.45) is -3.85. The maximum absolute atomic E-state index is 12.0. The van der Waals surface area contributed by atoms with E-state index in [0.29, 0.717) is 39.0 Å². The van der Waals surface area contributed by atoms with Gasteiger partial charge in [0.05, 0.1) is 12.1 Å². The van der Waals surface area contributed by atoms with Gasteiger partial charge in [0.2, 0.25) is 12.6 Å². The average molecular weight is 975 g/mol. The van der Waals surface area contributed by atoms with Gasteiger partial charge in [0.15, 0.2) is 0 Å². The van der Waals surface area contributed by atoms with Gasteiger partial charge < -0.3 is 59.9 Å². The van der Waals surface area contributed by atoms with Crippen LogP contribution in [0.3, 0.4) is 0 Å². The van der Waals surface area contributed by atoms with E-state index in [4.69, 9.17) is 48.8 Å². The normalized spacial score (nSPS) is 12.6. The first-order chi connectivity index (χ1) is 31.6.